The van der Waals surface area contributed by atoms with E-state index in [-0.39, 0.29) is 0 Å². The van der Waals surface area contributed by atoms with Crippen LogP contribution in [0.15, 0.2) is 34.2 Å². The van der Waals surface area contributed by atoms with E-state index in [1.54, 1.807) is 11.8 Å². The highest BCUT2D eigenvalue weighted by atomic mass is 79.9. The van der Waals surface area contributed by atoms with Crippen molar-refractivity contribution < 1.29 is 0 Å². The summed E-state index contributed by atoms with van der Waals surface area (Å²) in [4.78, 5) is 1.02. The van der Waals surface area contributed by atoms with E-state index in [0.29, 0.717) is 12.1 Å². The fourth-order valence-corrected chi connectivity index (χ4v) is 2.19. The third-order valence-electron chi connectivity index (χ3n) is 1.91. The lowest BCUT2D eigenvalue weighted by atomic mass is 10.2. The van der Waals surface area contributed by atoms with Gasteiger partial charge in [-0.3, -0.25) is 0 Å². The molecule has 1 N–H and O–H groups in total. The molecule has 0 fully saturated rings. The fourth-order valence-electron chi connectivity index (χ4n) is 1.26. The number of nitrogens with one attached hydrogen (secondary N) is 1. The molecule has 1 aromatic rings. The van der Waals surface area contributed by atoms with Gasteiger partial charge in [-0.05, 0) is 17.9 Å². The molecule has 0 atom stereocenters. The highest BCUT2D eigenvalue weighted by Gasteiger charge is 2.07. The van der Waals surface area contributed by atoms with Crippen LogP contribution in [0.25, 0.3) is 0 Å². The van der Waals surface area contributed by atoms with E-state index >= 15 is 0 Å². The standard InChI is InChI=1S/C12H13BrN2S/c1-3-16-12-6-4-5-11(10(12)7-14)15-8-9(2)13/h4-6,15H,2-3,8H2,1H3. The van der Waals surface area contributed by atoms with Crippen molar-refractivity contribution in [3.63, 3.8) is 0 Å². The number of nitrogens with zero attached hydrogens (tertiary/aromatic N) is 1. The summed E-state index contributed by atoms with van der Waals surface area (Å²) in [5, 5.41) is 12.3. The smallest absolute Gasteiger partial charge is 0.102 e. The van der Waals surface area contributed by atoms with Gasteiger partial charge in [-0.2, -0.15) is 5.26 Å². The second-order valence-electron chi connectivity index (χ2n) is 3.09. The number of benzene rings is 1. The van der Waals surface area contributed by atoms with Gasteiger partial charge in [0.2, 0.25) is 0 Å². The minimum absolute atomic E-state index is 0.620. The second kappa shape index (κ2) is 6.62. The molecule has 0 bridgehead atoms. The highest BCUT2D eigenvalue weighted by Crippen LogP contribution is 2.27. The first-order valence-electron chi connectivity index (χ1n) is 4.92. The number of anilines is 1. The Labute approximate surface area is 109 Å². The van der Waals surface area contributed by atoms with Crippen molar-refractivity contribution in [3.05, 3.63) is 34.8 Å². The van der Waals surface area contributed by atoms with Gasteiger partial charge in [-0.15, -0.1) is 11.8 Å². The van der Waals surface area contributed by atoms with Gasteiger partial charge in [0.15, 0.2) is 0 Å². The van der Waals surface area contributed by atoms with Gasteiger partial charge < -0.3 is 5.32 Å². The molecule has 0 aliphatic carbocycles. The lowest BCUT2D eigenvalue weighted by molar-refractivity contribution is 1.27. The molecule has 0 radical (unpaired) electrons. The third-order valence-corrected chi connectivity index (χ3v) is 3.13. The van der Waals surface area contributed by atoms with Gasteiger partial charge in [0, 0.05) is 15.9 Å². The molecule has 84 valence electrons. The first-order valence-corrected chi connectivity index (χ1v) is 6.70. The first kappa shape index (κ1) is 13.1. The minimum atomic E-state index is 0.620. The summed E-state index contributed by atoms with van der Waals surface area (Å²) in [6.07, 6.45) is 0. The summed E-state index contributed by atoms with van der Waals surface area (Å²) in [5.74, 6) is 0.962. The van der Waals surface area contributed by atoms with E-state index in [1.807, 2.05) is 18.2 Å². The Bertz CT molecular complexity index is 424. The van der Waals surface area contributed by atoms with Crippen molar-refractivity contribution in [2.75, 3.05) is 17.6 Å². The summed E-state index contributed by atoms with van der Waals surface area (Å²) in [7, 11) is 0. The number of thioether (sulfide) groups is 1. The lowest BCUT2D eigenvalue weighted by Crippen LogP contribution is -2.03. The van der Waals surface area contributed by atoms with Gasteiger partial charge in [-0.25, -0.2) is 0 Å². The summed E-state index contributed by atoms with van der Waals surface area (Å²) in [6, 6.07) is 8.08. The topological polar surface area (TPSA) is 35.8 Å². The van der Waals surface area contributed by atoms with Crippen LogP contribution in [-0.2, 0) is 0 Å². The molecule has 0 saturated carbocycles. The third kappa shape index (κ3) is 3.58. The van der Waals surface area contributed by atoms with E-state index < -0.39 is 0 Å². The predicted octanol–water partition coefficient (Wildman–Crippen LogP) is 3.99. The zero-order chi connectivity index (χ0) is 12.0. The van der Waals surface area contributed by atoms with Crippen LogP contribution < -0.4 is 5.32 Å². The fraction of sp³-hybridized carbons (Fsp3) is 0.250. The lowest BCUT2D eigenvalue weighted by Gasteiger charge is -2.10. The van der Waals surface area contributed by atoms with Crippen LogP contribution in [0.5, 0.6) is 0 Å². The SMILES string of the molecule is C=C(Br)CNc1cccc(SCC)c1C#N. The van der Waals surface area contributed by atoms with Gasteiger partial charge in [0.25, 0.3) is 0 Å². The molecule has 2 nitrogen and oxygen atoms in total. The van der Waals surface area contributed by atoms with Crippen molar-refractivity contribution in [1.82, 2.24) is 0 Å². The molecule has 0 amide bonds. The molecule has 0 aliphatic rings. The van der Waals surface area contributed by atoms with Crippen LogP contribution >= 0.6 is 27.7 Å². The number of rotatable bonds is 5. The van der Waals surface area contributed by atoms with E-state index in [9.17, 15) is 0 Å². The zero-order valence-corrected chi connectivity index (χ0v) is 11.5. The molecule has 0 saturated heterocycles. The van der Waals surface area contributed by atoms with Crippen LogP contribution in [-0.4, -0.2) is 12.3 Å². The maximum Gasteiger partial charge on any atom is 0.102 e. The largest absolute Gasteiger partial charge is 0.379 e. The predicted molar refractivity (Wildman–Crippen MR) is 74.1 cm³/mol. The normalized spacial score (nSPS) is 9.56. The van der Waals surface area contributed by atoms with Crippen LogP contribution in [0, 0.1) is 11.3 Å². The molecule has 0 unspecified atom stereocenters. The van der Waals surface area contributed by atoms with Gasteiger partial charge in [0.05, 0.1) is 11.3 Å². The Hall–Kier alpha value is -0.920. The Morgan fingerprint density at radius 1 is 1.62 bits per heavy atom. The number of hydrogen-bond acceptors (Lipinski definition) is 3. The van der Waals surface area contributed by atoms with Crippen molar-refractivity contribution in [2.45, 2.75) is 11.8 Å². The van der Waals surface area contributed by atoms with Gasteiger partial charge in [-0.1, -0.05) is 35.5 Å². The van der Waals surface area contributed by atoms with E-state index in [2.05, 4.69) is 40.8 Å². The maximum absolute atomic E-state index is 9.15. The monoisotopic (exact) mass is 296 g/mol. The average Bonchev–Trinajstić information content (AvgIpc) is 2.27. The van der Waals surface area contributed by atoms with Crippen molar-refractivity contribution in [1.29, 1.82) is 5.26 Å². The molecule has 0 spiro atoms. The molecule has 0 aliphatic heterocycles. The van der Waals surface area contributed by atoms with Crippen LogP contribution in [0.2, 0.25) is 0 Å². The number of hydrogen-bond donors (Lipinski definition) is 1. The number of nitriles is 1. The number of halogens is 1. The highest BCUT2D eigenvalue weighted by molar-refractivity contribution is 9.11. The molecular formula is C12H13BrN2S. The van der Waals surface area contributed by atoms with Crippen LogP contribution in [0.4, 0.5) is 5.69 Å². The molecule has 4 heteroatoms. The molecule has 16 heavy (non-hydrogen) atoms. The van der Waals surface area contributed by atoms with Crippen molar-refractivity contribution in [3.8, 4) is 6.07 Å². The van der Waals surface area contributed by atoms with Crippen LogP contribution in [0.1, 0.15) is 12.5 Å². The Morgan fingerprint density at radius 2 is 2.38 bits per heavy atom. The summed E-state index contributed by atoms with van der Waals surface area (Å²) >= 11 is 4.96. The molecule has 1 rings (SSSR count). The molecular weight excluding hydrogens is 284 g/mol. The minimum Gasteiger partial charge on any atom is -0.379 e. The molecule has 0 heterocycles. The Kier molecular flexibility index (Phi) is 5.44. The van der Waals surface area contributed by atoms with Crippen molar-refractivity contribution in [2.24, 2.45) is 0 Å². The van der Waals surface area contributed by atoms with Gasteiger partial charge >= 0.3 is 0 Å². The Balaban J connectivity index is 2.95. The van der Waals surface area contributed by atoms with Crippen LogP contribution in [0.3, 0.4) is 0 Å². The van der Waals surface area contributed by atoms with Gasteiger partial charge in [0.1, 0.15) is 6.07 Å². The quantitative estimate of drug-likeness (QED) is 0.835. The Morgan fingerprint density at radius 3 is 2.94 bits per heavy atom. The van der Waals surface area contributed by atoms with E-state index in [0.717, 1.165) is 20.8 Å². The van der Waals surface area contributed by atoms with Crippen molar-refractivity contribution >= 4 is 33.4 Å². The summed E-state index contributed by atoms with van der Waals surface area (Å²) in [6.45, 7) is 6.45. The second-order valence-corrected chi connectivity index (χ2v) is 5.52. The summed E-state index contributed by atoms with van der Waals surface area (Å²) < 4.78 is 0.866. The van der Waals surface area contributed by atoms with E-state index in [4.69, 9.17) is 5.26 Å². The average molecular weight is 297 g/mol. The first-order chi connectivity index (χ1) is 7.69. The molecule has 0 aromatic heterocycles. The zero-order valence-electron chi connectivity index (χ0n) is 9.09. The van der Waals surface area contributed by atoms with E-state index in [1.165, 1.54) is 0 Å². The summed E-state index contributed by atoms with van der Waals surface area (Å²) in [5.41, 5.74) is 1.57. The maximum atomic E-state index is 9.15. The molecule has 1 aromatic carbocycles.